The highest BCUT2D eigenvalue weighted by molar-refractivity contribution is 5.80. The first-order valence-electron chi connectivity index (χ1n) is 14.9. The number of fused-ring (bicyclic) bond motifs is 2. The minimum atomic E-state index is 0.387. The molecule has 0 heteroatoms. The average Bonchev–Trinajstić information content (AvgIpc) is 3.08. The van der Waals surface area contributed by atoms with Gasteiger partial charge in [-0.1, -0.05) is 106 Å². The maximum atomic E-state index is 4.57. The Morgan fingerprint density at radius 2 is 1.65 bits per heavy atom. The van der Waals surface area contributed by atoms with Crippen molar-refractivity contribution in [1.82, 2.24) is 0 Å². The molecule has 4 aliphatic carbocycles. The number of hydrogen-bond acceptors (Lipinski definition) is 0. The molecule has 0 aliphatic heterocycles. The molecule has 6 rings (SSSR count). The summed E-state index contributed by atoms with van der Waals surface area (Å²) in [5.74, 6) is 4.29. The highest BCUT2D eigenvalue weighted by Gasteiger charge is 2.65. The second-order valence-electron chi connectivity index (χ2n) is 14.0. The molecule has 3 saturated carbocycles. The van der Waals surface area contributed by atoms with Gasteiger partial charge in [-0.05, 0) is 114 Å². The molecule has 0 radical (unpaired) electrons. The normalized spacial score (nSPS) is 31.8. The predicted molar refractivity (Wildman–Crippen MR) is 160 cm³/mol. The van der Waals surface area contributed by atoms with E-state index in [1.807, 2.05) is 0 Å². The second kappa shape index (κ2) is 8.86. The van der Waals surface area contributed by atoms with Crippen LogP contribution in [0.3, 0.4) is 0 Å². The molecule has 0 amide bonds. The van der Waals surface area contributed by atoms with E-state index in [1.54, 1.807) is 11.1 Å². The Kier molecular flexibility index (Phi) is 5.98. The Bertz CT molecular complexity index is 1290. The topological polar surface area (TPSA) is 0 Å². The lowest BCUT2D eigenvalue weighted by molar-refractivity contribution is 0.203. The molecule has 3 fully saturated rings. The van der Waals surface area contributed by atoms with Gasteiger partial charge in [-0.3, -0.25) is 0 Å². The molecule has 2 aromatic rings. The van der Waals surface area contributed by atoms with Crippen LogP contribution in [0.5, 0.6) is 0 Å². The molecular formula is C37H46. The van der Waals surface area contributed by atoms with Crippen LogP contribution in [0.4, 0.5) is 0 Å². The molecule has 0 aromatic heterocycles. The van der Waals surface area contributed by atoms with Crippen molar-refractivity contribution < 1.29 is 0 Å². The van der Waals surface area contributed by atoms with Gasteiger partial charge in [0.05, 0.1) is 0 Å². The Hall–Kier alpha value is -2.34. The molecule has 0 nitrogen and oxygen atoms in total. The first kappa shape index (κ1) is 25.0. The fourth-order valence-corrected chi connectivity index (χ4v) is 8.84. The van der Waals surface area contributed by atoms with Crippen LogP contribution in [0, 0.1) is 54.8 Å². The van der Waals surface area contributed by atoms with Crippen LogP contribution in [0.25, 0.3) is 17.2 Å². The Balaban J connectivity index is 1.28. The number of aryl methyl sites for hydroxylation is 2. The van der Waals surface area contributed by atoms with Gasteiger partial charge in [0.15, 0.2) is 0 Å². The van der Waals surface area contributed by atoms with E-state index in [-0.39, 0.29) is 0 Å². The van der Waals surface area contributed by atoms with Gasteiger partial charge < -0.3 is 0 Å². The maximum Gasteiger partial charge on any atom is 0.00454 e. The average molecular weight is 491 g/mol. The number of hydrogen-bond donors (Lipinski definition) is 0. The van der Waals surface area contributed by atoms with Crippen molar-refractivity contribution in [3.8, 4) is 11.1 Å². The van der Waals surface area contributed by atoms with Crippen molar-refractivity contribution in [1.29, 1.82) is 0 Å². The fourth-order valence-electron chi connectivity index (χ4n) is 8.84. The quantitative estimate of drug-likeness (QED) is 0.366. The van der Waals surface area contributed by atoms with Crippen molar-refractivity contribution in [3.05, 3.63) is 88.0 Å². The molecule has 0 spiro atoms. The summed E-state index contributed by atoms with van der Waals surface area (Å²) in [5, 5.41) is 0. The molecule has 194 valence electrons. The Morgan fingerprint density at radius 1 is 0.919 bits per heavy atom. The summed E-state index contributed by atoms with van der Waals surface area (Å²) in [4.78, 5) is 0. The third kappa shape index (κ3) is 4.10. The zero-order valence-electron chi connectivity index (χ0n) is 24.1. The van der Waals surface area contributed by atoms with E-state index in [0.717, 1.165) is 30.6 Å². The van der Waals surface area contributed by atoms with Crippen LogP contribution >= 0.6 is 0 Å². The van der Waals surface area contributed by atoms with Crippen molar-refractivity contribution in [2.24, 2.45) is 40.9 Å². The van der Waals surface area contributed by atoms with Crippen molar-refractivity contribution in [3.63, 3.8) is 0 Å². The van der Waals surface area contributed by atoms with Gasteiger partial charge >= 0.3 is 0 Å². The van der Waals surface area contributed by atoms with Crippen LogP contribution in [0.2, 0.25) is 0 Å². The van der Waals surface area contributed by atoms with Gasteiger partial charge in [0.1, 0.15) is 0 Å². The van der Waals surface area contributed by atoms with Crippen LogP contribution in [0.15, 0.2) is 60.2 Å². The first-order chi connectivity index (χ1) is 17.6. The molecule has 0 bridgehead atoms. The first-order valence-corrected chi connectivity index (χ1v) is 14.9. The Labute approximate surface area is 226 Å². The number of allylic oxidation sites excluding steroid dienone is 3. The van der Waals surface area contributed by atoms with Crippen molar-refractivity contribution >= 4 is 6.08 Å². The van der Waals surface area contributed by atoms with Gasteiger partial charge in [-0.15, -0.1) is 0 Å². The van der Waals surface area contributed by atoms with E-state index in [0.29, 0.717) is 23.2 Å². The highest BCUT2D eigenvalue weighted by Crippen LogP contribution is 2.72. The third-order valence-corrected chi connectivity index (χ3v) is 10.9. The molecule has 3 unspecified atom stereocenters. The molecular weight excluding hydrogens is 444 g/mol. The van der Waals surface area contributed by atoms with Crippen LogP contribution < -0.4 is 0 Å². The smallest absolute Gasteiger partial charge is 0.00454 e. The molecule has 0 saturated heterocycles. The van der Waals surface area contributed by atoms with E-state index in [1.165, 1.54) is 70.2 Å². The predicted octanol–water partition coefficient (Wildman–Crippen LogP) is 9.93. The molecule has 2 aromatic carbocycles. The van der Waals surface area contributed by atoms with Crippen molar-refractivity contribution in [2.45, 2.75) is 80.1 Å². The summed E-state index contributed by atoms with van der Waals surface area (Å²) in [6, 6.07) is 11.9. The third-order valence-electron chi connectivity index (χ3n) is 10.9. The minimum absolute atomic E-state index is 0.387. The maximum absolute atomic E-state index is 4.57. The van der Waals surface area contributed by atoms with E-state index >= 15 is 0 Å². The van der Waals surface area contributed by atoms with Crippen LogP contribution in [0.1, 0.15) is 81.2 Å². The standard InChI is InChI=1S/C37H46/c1-21-12-13-28(23(3)14-21)20-31-24(4)15-22(2)16-34(31)30-11-9-10-29-17-27(19-33(29)30)18-32-25(5)35-36(26(32)6)37(35,7)8/h9-11,15-17,21,23,28,32,35-36H,5-6,12-14,18-20H2,1-4,7-8H3/t21?,23-,28-,32?,35?,36?/m0/s1. The largest absolute Gasteiger partial charge is 0.0989 e. The zero-order valence-corrected chi connectivity index (χ0v) is 24.1. The van der Waals surface area contributed by atoms with E-state index in [4.69, 9.17) is 0 Å². The lowest BCUT2D eigenvalue weighted by Crippen LogP contribution is -2.23. The SMILES string of the molecule is C=C1C(CC2=Cc3cccc(-c4cc(C)cc(C)c4C[C@@H]4CCC(C)C[C@@H]4C)c3C2)C(=C)C2C1C2(C)C. The molecule has 5 atom stereocenters. The van der Waals surface area contributed by atoms with Gasteiger partial charge in [-0.25, -0.2) is 0 Å². The summed E-state index contributed by atoms with van der Waals surface area (Å²) < 4.78 is 0. The number of benzene rings is 2. The minimum Gasteiger partial charge on any atom is -0.0989 e. The van der Waals surface area contributed by atoms with Gasteiger partial charge in [0.2, 0.25) is 0 Å². The van der Waals surface area contributed by atoms with Gasteiger partial charge in [-0.2, -0.15) is 0 Å². The molecule has 37 heavy (non-hydrogen) atoms. The van der Waals surface area contributed by atoms with Crippen LogP contribution in [-0.2, 0) is 12.8 Å². The summed E-state index contributed by atoms with van der Waals surface area (Å²) in [6.45, 7) is 23.5. The van der Waals surface area contributed by atoms with E-state index in [9.17, 15) is 0 Å². The zero-order chi connectivity index (χ0) is 26.2. The molecule has 0 heterocycles. The summed E-state index contributed by atoms with van der Waals surface area (Å²) in [5.41, 5.74) is 15.2. The monoisotopic (exact) mass is 490 g/mol. The van der Waals surface area contributed by atoms with Crippen LogP contribution in [-0.4, -0.2) is 0 Å². The lowest BCUT2D eigenvalue weighted by Gasteiger charge is -2.33. The van der Waals surface area contributed by atoms with Crippen molar-refractivity contribution in [2.75, 3.05) is 0 Å². The Morgan fingerprint density at radius 3 is 2.35 bits per heavy atom. The molecule has 0 N–H and O–H groups in total. The van der Waals surface area contributed by atoms with Gasteiger partial charge in [0, 0.05) is 5.92 Å². The highest BCUT2D eigenvalue weighted by atomic mass is 14.7. The summed E-state index contributed by atoms with van der Waals surface area (Å²) >= 11 is 0. The van der Waals surface area contributed by atoms with E-state index < -0.39 is 0 Å². The number of rotatable bonds is 5. The lowest BCUT2D eigenvalue weighted by atomic mass is 9.72. The van der Waals surface area contributed by atoms with Gasteiger partial charge in [0.25, 0.3) is 0 Å². The van der Waals surface area contributed by atoms with E-state index in [2.05, 4.69) is 91.1 Å². The summed E-state index contributed by atoms with van der Waals surface area (Å²) in [6.07, 6.45) is 10.0. The second-order valence-corrected chi connectivity index (χ2v) is 14.0. The fraction of sp³-hybridized carbons (Fsp3) is 0.514. The summed E-state index contributed by atoms with van der Waals surface area (Å²) in [7, 11) is 0. The molecule has 4 aliphatic rings.